The van der Waals surface area contributed by atoms with Crippen molar-refractivity contribution in [3.63, 3.8) is 0 Å². The summed E-state index contributed by atoms with van der Waals surface area (Å²) in [6.45, 7) is 9.43. The molecule has 0 spiro atoms. The first kappa shape index (κ1) is 30.7. The molecule has 3 heterocycles. The summed E-state index contributed by atoms with van der Waals surface area (Å²) in [5.41, 5.74) is 2.03. The quantitative estimate of drug-likeness (QED) is 0.242. The van der Waals surface area contributed by atoms with Crippen LogP contribution in [-0.2, 0) is 28.8 Å². The summed E-state index contributed by atoms with van der Waals surface area (Å²) >= 11 is 0. The molecule has 232 valence electrons. The lowest BCUT2D eigenvalue weighted by atomic mass is 9.92. The van der Waals surface area contributed by atoms with Crippen molar-refractivity contribution in [3.05, 3.63) is 77.5 Å². The lowest BCUT2D eigenvalue weighted by Crippen LogP contribution is -2.38. The number of aryl methyl sites for hydroxylation is 1. The van der Waals surface area contributed by atoms with Crippen molar-refractivity contribution < 1.29 is 33.7 Å². The highest BCUT2D eigenvalue weighted by Crippen LogP contribution is 2.36. The Balaban J connectivity index is 1.42. The Morgan fingerprint density at radius 3 is 2.52 bits per heavy atom. The molecule has 2 N–H and O–H groups in total. The van der Waals surface area contributed by atoms with Gasteiger partial charge in [-0.2, -0.15) is 0 Å². The minimum absolute atomic E-state index is 0.108. The van der Waals surface area contributed by atoms with Gasteiger partial charge < -0.3 is 24.6 Å². The number of amides is 1. The molecule has 1 aliphatic rings. The highest BCUT2D eigenvalue weighted by atomic mass is 16.7. The summed E-state index contributed by atoms with van der Waals surface area (Å²) in [6.07, 6.45) is 3.66. The van der Waals surface area contributed by atoms with Crippen LogP contribution in [0.1, 0.15) is 69.6 Å². The molecule has 11 heteroatoms. The Hall–Kier alpha value is -4.80. The number of aromatic nitrogens is 3. The Morgan fingerprint density at radius 2 is 1.80 bits per heavy atom. The maximum atomic E-state index is 14.0. The number of carbonyl (C=O) groups is 3. The molecule has 2 aromatic carbocycles. The molecule has 4 aromatic rings. The van der Waals surface area contributed by atoms with Gasteiger partial charge in [0.15, 0.2) is 11.5 Å². The van der Waals surface area contributed by atoms with Crippen molar-refractivity contribution in [2.75, 3.05) is 6.79 Å². The molecule has 0 saturated carbocycles. The van der Waals surface area contributed by atoms with Crippen LogP contribution in [0.4, 0.5) is 9.59 Å². The van der Waals surface area contributed by atoms with Gasteiger partial charge in [0.05, 0.1) is 17.1 Å². The number of carbonyl (C=O) groups excluding carboxylic acids is 2. The van der Waals surface area contributed by atoms with Gasteiger partial charge in [-0.3, -0.25) is 9.36 Å². The van der Waals surface area contributed by atoms with Crippen molar-refractivity contribution in [3.8, 4) is 11.5 Å². The monoisotopic (exact) mass is 602 g/mol. The number of para-hydroxylation sites is 1. The predicted octanol–water partition coefficient (Wildman–Crippen LogP) is 5.90. The third-order valence-corrected chi connectivity index (χ3v) is 7.34. The number of hydrogen-bond donors (Lipinski definition) is 2. The second kappa shape index (κ2) is 12.4. The largest absolute Gasteiger partial charge is 0.464 e. The highest BCUT2D eigenvalue weighted by Gasteiger charge is 2.28. The minimum atomic E-state index is -1.07. The average Bonchev–Trinajstić information content (AvgIpc) is 3.68. The van der Waals surface area contributed by atoms with Crippen LogP contribution in [-0.4, -0.2) is 55.8 Å². The van der Waals surface area contributed by atoms with Gasteiger partial charge in [0, 0.05) is 36.7 Å². The molecule has 2 atom stereocenters. The van der Waals surface area contributed by atoms with E-state index in [1.807, 2.05) is 52.8 Å². The highest BCUT2D eigenvalue weighted by molar-refractivity contribution is 5.91. The third kappa shape index (κ3) is 6.72. The summed E-state index contributed by atoms with van der Waals surface area (Å²) in [6, 6.07) is 12.4. The number of nitrogens with one attached hydrogen (secondary N) is 1. The minimum Gasteiger partial charge on any atom is -0.464 e. The van der Waals surface area contributed by atoms with Gasteiger partial charge in [-0.05, 0) is 69.9 Å². The number of imidazole rings is 1. The summed E-state index contributed by atoms with van der Waals surface area (Å²) in [5.74, 6) is 0.840. The molecule has 1 aliphatic heterocycles. The molecule has 0 saturated heterocycles. The lowest BCUT2D eigenvalue weighted by Gasteiger charge is -2.21. The van der Waals surface area contributed by atoms with Crippen LogP contribution in [0.3, 0.4) is 0 Å². The molecule has 2 aromatic heterocycles. The number of hydrogen-bond acceptors (Lipinski definition) is 7. The SMILES string of the molecule is CCCc1nc(CC(C(=O)N[C@H](C)Cc2cn(C(=O)O)c3ccccc23)c2ccc3c(c2)OCO3)cn1C(=O)OC(C)(C)C. The maximum Gasteiger partial charge on any atom is 0.419 e. The first-order valence-corrected chi connectivity index (χ1v) is 14.8. The number of rotatable bonds is 9. The molecule has 1 unspecified atom stereocenters. The van der Waals surface area contributed by atoms with E-state index in [1.54, 1.807) is 36.7 Å². The van der Waals surface area contributed by atoms with Crippen LogP contribution in [0.15, 0.2) is 54.9 Å². The fraction of sp³-hybridized carbons (Fsp3) is 0.394. The summed E-state index contributed by atoms with van der Waals surface area (Å²) in [4.78, 5) is 43.5. The fourth-order valence-electron chi connectivity index (χ4n) is 5.44. The van der Waals surface area contributed by atoms with Crippen LogP contribution in [0, 0.1) is 0 Å². The molecule has 0 fully saturated rings. The Bertz CT molecular complexity index is 1700. The third-order valence-electron chi connectivity index (χ3n) is 7.34. The summed E-state index contributed by atoms with van der Waals surface area (Å²) < 4.78 is 19.3. The molecule has 0 aliphatic carbocycles. The van der Waals surface area contributed by atoms with E-state index in [4.69, 9.17) is 19.2 Å². The topological polar surface area (TPSA) is 134 Å². The van der Waals surface area contributed by atoms with Gasteiger partial charge in [0.25, 0.3) is 0 Å². The maximum absolute atomic E-state index is 14.0. The van der Waals surface area contributed by atoms with Gasteiger partial charge in [-0.1, -0.05) is 31.2 Å². The summed E-state index contributed by atoms with van der Waals surface area (Å²) in [7, 11) is 0. The molecular weight excluding hydrogens is 564 g/mol. The first-order valence-electron chi connectivity index (χ1n) is 14.8. The zero-order valence-corrected chi connectivity index (χ0v) is 25.6. The molecule has 0 radical (unpaired) electrons. The summed E-state index contributed by atoms with van der Waals surface area (Å²) in [5, 5.41) is 13.6. The standard InChI is InChI=1S/C33H38N4O7/c1-6-9-29-35-23(18-37(29)32(41)44-33(3,4)5)16-25(21-12-13-27-28(15-21)43-19-42-27)30(38)34-20(2)14-22-17-36(31(39)40)26-11-8-7-10-24(22)26/h7-8,10-13,15,17-18,20,25H,6,9,14,16,19H2,1-5H3,(H,34,38)(H,39,40)/t20-,25?/m1/s1. The van der Waals surface area contributed by atoms with Crippen LogP contribution in [0.5, 0.6) is 11.5 Å². The van der Waals surface area contributed by atoms with E-state index >= 15 is 0 Å². The first-order chi connectivity index (χ1) is 20.9. The number of ether oxygens (including phenoxy) is 3. The zero-order chi connectivity index (χ0) is 31.6. The Labute approximate surface area is 255 Å². The van der Waals surface area contributed by atoms with E-state index < -0.39 is 23.7 Å². The van der Waals surface area contributed by atoms with E-state index in [2.05, 4.69) is 5.32 Å². The van der Waals surface area contributed by atoms with Crippen LogP contribution >= 0.6 is 0 Å². The molecule has 1 amide bonds. The average molecular weight is 603 g/mol. The Kier molecular flexibility index (Phi) is 8.66. The van der Waals surface area contributed by atoms with Gasteiger partial charge in [0.2, 0.25) is 12.7 Å². The predicted molar refractivity (Wildman–Crippen MR) is 164 cm³/mol. The molecular formula is C33H38N4O7. The van der Waals surface area contributed by atoms with Gasteiger partial charge in [0.1, 0.15) is 11.4 Å². The smallest absolute Gasteiger partial charge is 0.419 e. The second-order valence-corrected chi connectivity index (χ2v) is 12.1. The fourth-order valence-corrected chi connectivity index (χ4v) is 5.44. The zero-order valence-electron chi connectivity index (χ0n) is 25.6. The van der Waals surface area contributed by atoms with Crippen molar-refractivity contribution in [2.24, 2.45) is 0 Å². The van der Waals surface area contributed by atoms with E-state index in [0.717, 1.165) is 17.4 Å². The van der Waals surface area contributed by atoms with Crippen LogP contribution < -0.4 is 14.8 Å². The number of fused-ring (bicyclic) bond motifs is 2. The van der Waals surface area contributed by atoms with Crippen LogP contribution in [0.2, 0.25) is 0 Å². The van der Waals surface area contributed by atoms with Crippen LogP contribution in [0.25, 0.3) is 10.9 Å². The lowest BCUT2D eigenvalue weighted by molar-refractivity contribution is -0.123. The van der Waals surface area contributed by atoms with Crippen molar-refractivity contribution in [1.29, 1.82) is 0 Å². The van der Waals surface area contributed by atoms with E-state index in [0.29, 0.717) is 46.9 Å². The van der Waals surface area contributed by atoms with Crippen molar-refractivity contribution in [2.45, 2.75) is 77.9 Å². The van der Waals surface area contributed by atoms with E-state index in [1.165, 1.54) is 9.13 Å². The van der Waals surface area contributed by atoms with E-state index in [9.17, 15) is 19.5 Å². The molecule has 0 bridgehead atoms. The number of carboxylic acid groups (broad SMARTS) is 1. The van der Waals surface area contributed by atoms with Crippen molar-refractivity contribution >= 4 is 29.0 Å². The number of nitrogens with zero attached hydrogens (tertiary/aromatic N) is 3. The normalized spacial score (nSPS) is 13.9. The number of benzene rings is 2. The van der Waals surface area contributed by atoms with E-state index in [-0.39, 0.29) is 25.2 Å². The Morgan fingerprint density at radius 1 is 1.05 bits per heavy atom. The van der Waals surface area contributed by atoms with Gasteiger partial charge in [-0.15, -0.1) is 0 Å². The van der Waals surface area contributed by atoms with Gasteiger partial charge >= 0.3 is 12.2 Å². The molecule has 11 nitrogen and oxygen atoms in total. The van der Waals surface area contributed by atoms with Gasteiger partial charge in [-0.25, -0.2) is 19.1 Å². The molecule has 44 heavy (non-hydrogen) atoms. The second-order valence-electron chi connectivity index (χ2n) is 12.1. The van der Waals surface area contributed by atoms with Crippen molar-refractivity contribution in [1.82, 2.24) is 19.4 Å². The molecule has 5 rings (SSSR count).